The predicted molar refractivity (Wildman–Crippen MR) is 62.9 cm³/mol. The van der Waals surface area contributed by atoms with E-state index in [0.717, 1.165) is 12.3 Å². The lowest BCUT2D eigenvalue weighted by Crippen LogP contribution is -2.50. The second-order valence-corrected chi connectivity index (χ2v) is 4.54. The fourth-order valence-corrected chi connectivity index (χ4v) is 1.97. The number of ether oxygens (including phenoxy) is 1. The van der Waals surface area contributed by atoms with Crippen LogP contribution in [0, 0.1) is 0 Å². The standard InChI is InChI=1S/C12H15F3N2O2/c1-8-7-19-10(6-18)5-17(8)11-3-2-9(4-16-11)12(13,14)15/h2-4,8,10,18H,5-7H2,1H3. The van der Waals surface area contributed by atoms with E-state index >= 15 is 0 Å². The van der Waals surface area contributed by atoms with Gasteiger partial charge in [0, 0.05) is 12.7 Å². The Bertz CT molecular complexity index is 422. The molecule has 2 atom stereocenters. The Labute approximate surface area is 108 Å². The van der Waals surface area contributed by atoms with Crippen LogP contribution in [0.15, 0.2) is 18.3 Å². The molecule has 2 unspecified atom stereocenters. The van der Waals surface area contributed by atoms with E-state index in [-0.39, 0.29) is 18.8 Å². The zero-order valence-corrected chi connectivity index (χ0v) is 10.4. The van der Waals surface area contributed by atoms with Gasteiger partial charge in [-0.25, -0.2) is 4.98 Å². The quantitative estimate of drug-likeness (QED) is 0.893. The highest BCUT2D eigenvalue weighted by Crippen LogP contribution is 2.30. The number of aliphatic hydroxyl groups excluding tert-OH is 1. The molecule has 4 nitrogen and oxygen atoms in total. The molecule has 0 aliphatic carbocycles. The summed E-state index contributed by atoms with van der Waals surface area (Å²) in [5.74, 6) is 0.460. The monoisotopic (exact) mass is 276 g/mol. The van der Waals surface area contributed by atoms with Crippen molar-refractivity contribution >= 4 is 5.82 Å². The summed E-state index contributed by atoms with van der Waals surface area (Å²) in [5, 5.41) is 9.07. The first-order valence-electron chi connectivity index (χ1n) is 5.94. The SMILES string of the molecule is CC1COC(CO)CN1c1ccc(C(F)(F)F)cn1. The van der Waals surface area contributed by atoms with E-state index in [2.05, 4.69) is 4.98 Å². The van der Waals surface area contributed by atoms with Crippen LogP contribution in [-0.2, 0) is 10.9 Å². The molecule has 1 N–H and O–H groups in total. The van der Waals surface area contributed by atoms with Gasteiger partial charge in [0.1, 0.15) is 5.82 Å². The lowest BCUT2D eigenvalue weighted by molar-refractivity contribution is -0.137. The topological polar surface area (TPSA) is 45.6 Å². The third kappa shape index (κ3) is 3.16. The minimum absolute atomic E-state index is 0.00652. The number of anilines is 1. The molecule has 2 rings (SSSR count). The number of hydrogen-bond donors (Lipinski definition) is 1. The average Bonchev–Trinajstić information content (AvgIpc) is 2.38. The number of halogens is 3. The molecule has 1 aromatic rings. The van der Waals surface area contributed by atoms with E-state index in [1.54, 1.807) is 0 Å². The highest BCUT2D eigenvalue weighted by molar-refractivity contribution is 5.41. The fourth-order valence-electron chi connectivity index (χ4n) is 1.97. The van der Waals surface area contributed by atoms with E-state index in [0.29, 0.717) is 19.0 Å². The van der Waals surface area contributed by atoms with Crippen molar-refractivity contribution < 1.29 is 23.0 Å². The molecule has 1 fully saturated rings. The van der Waals surface area contributed by atoms with Crippen LogP contribution in [0.1, 0.15) is 12.5 Å². The summed E-state index contributed by atoms with van der Waals surface area (Å²) in [6, 6.07) is 2.37. The molecule has 1 aliphatic heterocycles. The number of aromatic nitrogens is 1. The van der Waals surface area contributed by atoms with E-state index in [1.165, 1.54) is 6.07 Å². The Kier molecular flexibility index (Phi) is 3.96. The molecular weight excluding hydrogens is 261 g/mol. The summed E-state index contributed by atoms with van der Waals surface area (Å²) < 4.78 is 42.7. The van der Waals surface area contributed by atoms with Gasteiger partial charge >= 0.3 is 6.18 Å². The Morgan fingerprint density at radius 2 is 2.21 bits per heavy atom. The van der Waals surface area contributed by atoms with Crippen molar-refractivity contribution in [2.75, 3.05) is 24.7 Å². The van der Waals surface area contributed by atoms with Crippen molar-refractivity contribution in [2.24, 2.45) is 0 Å². The molecular formula is C12H15F3N2O2. The van der Waals surface area contributed by atoms with Crippen molar-refractivity contribution in [1.29, 1.82) is 0 Å². The van der Waals surface area contributed by atoms with E-state index in [4.69, 9.17) is 9.84 Å². The minimum atomic E-state index is -4.38. The highest BCUT2D eigenvalue weighted by atomic mass is 19.4. The van der Waals surface area contributed by atoms with Gasteiger partial charge < -0.3 is 14.7 Å². The molecule has 1 saturated heterocycles. The molecule has 106 valence electrons. The molecule has 2 heterocycles. The first kappa shape index (κ1) is 14.1. The number of nitrogens with zero attached hydrogens (tertiary/aromatic N) is 2. The molecule has 1 aromatic heterocycles. The van der Waals surface area contributed by atoms with Gasteiger partial charge in [0.05, 0.1) is 30.9 Å². The molecule has 7 heteroatoms. The van der Waals surface area contributed by atoms with Crippen molar-refractivity contribution in [3.63, 3.8) is 0 Å². The van der Waals surface area contributed by atoms with Crippen LogP contribution in [0.25, 0.3) is 0 Å². The third-order valence-electron chi connectivity index (χ3n) is 3.08. The normalized spacial score (nSPS) is 24.6. The number of morpholine rings is 1. The van der Waals surface area contributed by atoms with Gasteiger partial charge in [-0.1, -0.05) is 0 Å². The van der Waals surface area contributed by atoms with Crippen LogP contribution in [0.2, 0.25) is 0 Å². The number of pyridine rings is 1. The van der Waals surface area contributed by atoms with E-state index in [1.807, 2.05) is 11.8 Å². The molecule has 1 aliphatic rings. The van der Waals surface area contributed by atoms with Crippen LogP contribution < -0.4 is 4.90 Å². The molecule has 0 spiro atoms. The lowest BCUT2D eigenvalue weighted by atomic mass is 10.2. The van der Waals surface area contributed by atoms with Gasteiger partial charge in [-0.3, -0.25) is 0 Å². The van der Waals surface area contributed by atoms with Gasteiger partial charge in [-0.15, -0.1) is 0 Å². The van der Waals surface area contributed by atoms with Crippen LogP contribution in [0.5, 0.6) is 0 Å². The predicted octanol–water partition coefficient (Wildman–Crippen LogP) is 1.69. The second-order valence-electron chi connectivity index (χ2n) is 4.54. The number of hydrogen-bond acceptors (Lipinski definition) is 4. The first-order chi connectivity index (χ1) is 8.91. The number of rotatable bonds is 2. The zero-order valence-electron chi connectivity index (χ0n) is 10.4. The van der Waals surface area contributed by atoms with Gasteiger partial charge in [-0.05, 0) is 19.1 Å². The van der Waals surface area contributed by atoms with Crippen molar-refractivity contribution in [2.45, 2.75) is 25.2 Å². The van der Waals surface area contributed by atoms with Crippen molar-refractivity contribution in [1.82, 2.24) is 4.98 Å². The second kappa shape index (κ2) is 5.34. The van der Waals surface area contributed by atoms with Crippen molar-refractivity contribution in [3.05, 3.63) is 23.9 Å². The summed E-state index contributed by atoms with van der Waals surface area (Å²) >= 11 is 0. The smallest absolute Gasteiger partial charge is 0.394 e. The van der Waals surface area contributed by atoms with Crippen LogP contribution >= 0.6 is 0 Å². The average molecular weight is 276 g/mol. The summed E-state index contributed by atoms with van der Waals surface area (Å²) in [5.41, 5.74) is -0.768. The van der Waals surface area contributed by atoms with Gasteiger partial charge in [0.15, 0.2) is 0 Å². The molecule has 0 amide bonds. The van der Waals surface area contributed by atoms with Crippen LogP contribution in [0.4, 0.5) is 19.0 Å². The molecule has 0 radical (unpaired) electrons. The maximum atomic E-state index is 12.4. The third-order valence-corrected chi connectivity index (χ3v) is 3.08. The summed E-state index contributed by atoms with van der Waals surface area (Å²) in [7, 11) is 0. The summed E-state index contributed by atoms with van der Waals surface area (Å²) in [6.45, 7) is 2.60. The summed E-state index contributed by atoms with van der Waals surface area (Å²) in [6.07, 6.45) is -3.89. The minimum Gasteiger partial charge on any atom is -0.394 e. The van der Waals surface area contributed by atoms with Crippen LogP contribution in [-0.4, -0.2) is 42.0 Å². The Morgan fingerprint density at radius 1 is 1.47 bits per heavy atom. The molecule has 0 aromatic carbocycles. The van der Waals surface area contributed by atoms with Gasteiger partial charge in [0.2, 0.25) is 0 Å². The summed E-state index contributed by atoms with van der Waals surface area (Å²) in [4.78, 5) is 5.69. The largest absolute Gasteiger partial charge is 0.417 e. The van der Waals surface area contributed by atoms with Gasteiger partial charge in [0.25, 0.3) is 0 Å². The first-order valence-corrected chi connectivity index (χ1v) is 5.94. The maximum Gasteiger partial charge on any atom is 0.417 e. The number of aliphatic hydroxyl groups is 1. The maximum absolute atomic E-state index is 12.4. The van der Waals surface area contributed by atoms with Crippen molar-refractivity contribution in [3.8, 4) is 0 Å². The van der Waals surface area contributed by atoms with Crippen LogP contribution in [0.3, 0.4) is 0 Å². The Hall–Kier alpha value is -1.34. The van der Waals surface area contributed by atoms with E-state index < -0.39 is 11.7 Å². The zero-order chi connectivity index (χ0) is 14.0. The lowest BCUT2D eigenvalue weighted by Gasteiger charge is -2.38. The fraction of sp³-hybridized carbons (Fsp3) is 0.583. The number of alkyl halides is 3. The molecule has 0 bridgehead atoms. The molecule has 19 heavy (non-hydrogen) atoms. The van der Waals surface area contributed by atoms with Gasteiger partial charge in [-0.2, -0.15) is 13.2 Å². The molecule has 0 saturated carbocycles. The highest BCUT2D eigenvalue weighted by Gasteiger charge is 2.32. The Balaban J connectivity index is 2.16. The van der Waals surface area contributed by atoms with E-state index in [9.17, 15) is 13.2 Å². The Morgan fingerprint density at radius 3 is 2.74 bits per heavy atom.